The molecule has 0 unspecified atom stereocenters. The SMILES string of the molecule is Cc1ccccc1C1=C[C@H]2C[C@@H]1N(C(=O)Cc1c(C)c3c(F)c(F)ccc3[nH]c1=O)C2. The van der Waals surface area contributed by atoms with E-state index in [0.717, 1.165) is 29.2 Å². The highest BCUT2D eigenvalue weighted by Crippen LogP contribution is 2.42. The molecule has 4 nitrogen and oxygen atoms in total. The van der Waals surface area contributed by atoms with E-state index in [4.69, 9.17) is 0 Å². The van der Waals surface area contributed by atoms with E-state index in [1.54, 1.807) is 6.92 Å². The Balaban J connectivity index is 1.47. The molecule has 0 radical (unpaired) electrons. The lowest BCUT2D eigenvalue weighted by Gasteiger charge is -2.29. The van der Waals surface area contributed by atoms with Crippen molar-refractivity contribution < 1.29 is 13.6 Å². The minimum Gasteiger partial charge on any atom is -0.335 e. The number of aromatic amines is 1. The summed E-state index contributed by atoms with van der Waals surface area (Å²) >= 11 is 0. The predicted molar refractivity (Wildman–Crippen MR) is 116 cm³/mol. The number of benzene rings is 2. The van der Waals surface area contributed by atoms with Gasteiger partial charge in [0.15, 0.2) is 11.6 Å². The van der Waals surface area contributed by atoms with Crippen molar-refractivity contribution in [2.75, 3.05) is 6.54 Å². The number of aromatic nitrogens is 1. The third-order valence-corrected chi connectivity index (χ3v) is 6.66. The minimum atomic E-state index is -1.01. The van der Waals surface area contributed by atoms with Gasteiger partial charge >= 0.3 is 0 Å². The lowest BCUT2D eigenvalue weighted by Crippen LogP contribution is -2.39. The second-order valence-corrected chi connectivity index (χ2v) is 8.51. The van der Waals surface area contributed by atoms with Crippen molar-refractivity contribution >= 4 is 22.4 Å². The van der Waals surface area contributed by atoms with Gasteiger partial charge in [0, 0.05) is 17.5 Å². The zero-order valence-corrected chi connectivity index (χ0v) is 17.3. The number of hydrogen-bond acceptors (Lipinski definition) is 2. The number of halogens is 2. The van der Waals surface area contributed by atoms with Gasteiger partial charge in [-0.3, -0.25) is 9.59 Å². The number of amides is 1. The number of fused-ring (bicyclic) bond motifs is 3. The molecule has 1 aliphatic carbocycles. The molecule has 31 heavy (non-hydrogen) atoms. The number of pyridine rings is 1. The van der Waals surface area contributed by atoms with E-state index < -0.39 is 17.2 Å². The maximum atomic E-state index is 14.4. The summed E-state index contributed by atoms with van der Waals surface area (Å²) < 4.78 is 28.2. The third-order valence-electron chi connectivity index (χ3n) is 6.66. The number of hydrogen-bond donors (Lipinski definition) is 1. The summed E-state index contributed by atoms with van der Waals surface area (Å²) in [4.78, 5) is 30.3. The number of carbonyl (C=O) groups is 1. The van der Waals surface area contributed by atoms with Crippen LogP contribution >= 0.6 is 0 Å². The number of carbonyl (C=O) groups excluding carboxylic acids is 1. The number of nitrogens with zero attached hydrogens (tertiary/aromatic N) is 1. The van der Waals surface area contributed by atoms with Gasteiger partial charge in [-0.1, -0.05) is 30.3 Å². The fourth-order valence-corrected chi connectivity index (χ4v) is 5.10. The summed E-state index contributed by atoms with van der Waals surface area (Å²) in [6, 6.07) is 10.4. The summed E-state index contributed by atoms with van der Waals surface area (Å²) in [6.07, 6.45) is 2.99. The smallest absolute Gasteiger partial charge is 0.252 e. The first-order valence-electron chi connectivity index (χ1n) is 10.4. The zero-order valence-electron chi connectivity index (χ0n) is 17.3. The van der Waals surface area contributed by atoms with Gasteiger partial charge in [-0.25, -0.2) is 8.78 Å². The van der Waals surface area contributed by atoms with Gasteiger partial charge in [0.2, 0.25) is 5.91 Å². The van der Waals surface area contributed by atoms with Crippen LogP contribution in [0.15, 0.2) is 47.3 Å². The maximum absolute atomic E-state index is 14.4. The molecule has 1 fully saturated rings. The Morgan fingerprint density at radius 3 is 2.68 bits per heavy atom. The standard InChI is InChI=1S/C25H22F2N2O2/c1-13-5-3-4-6-16(13)18-9-15-10-21(18)29(12-15)22(30)11-17-14(2)23-20(28-25(17)31)8-7-19(26)24(23)27/h3-9,15,21H,10-12H2,1-2H3,(H,28,31)/t15-,21-/m0/s1. The Morgan fingerprint density at radius 2 is 1.94 bits per heavy atom. The van der Waals surface area contributed by atoms with Gasteiger partial charge in [0.25, 0.3) is 5.56 Å². The van der Waals surface area contributed by atoms with E-state index in [-0.39, 0.29) is 34.8 Å². The van der Waals surface area contributed by atoms with Crippen molar-refractivity contribution in [3.63, 3.8) is 0 Å². The molecule has 1 N–H and O–H groups in total. The number of rotatable bonds is 3. The van der Waals surface area contributed by atoms with E-state index >= 15 is 0 Å². The lowest BCUT2D eigenvalue weighted by atomic mass is 9.95. The molecule has 6 heteroatoms. The van der Waals surface area contributed by atoms with Gasteiger partial charge in [0.05, 0.1) is 18.0 Å². The van der Waals surface area contributed by atoms with Crippen LogP contribution in [-0.2, 0) is 11.2 Å². The number of H-pyrrole nitrogens is 1. The lowest BCUT2D eigenvalue weighted by molar-refractivity contribution is -0.130. The van der Waals surface area contributed by atoms with Crippen molar-refractivity contribution in [1.82, 2.24) is 9.88 Å². The quantitative estimate of drug-likeness (QED) is 0.688. The summed E-state index contributed by atoms with van der Waals surface area (Å²) in [5.41, 5.74) is 3.73. The molecular formula is C25H22F2N2O2. The van der Waals surface area contributed by atoms with Gasteiger partial charge in [-0.2, -0.15) is 0 Å². The van der Waals surface area contributed by atoms with E-state index in [1.807, 2.05) is 17.0 Å². The molecule has 0 saturated carbocycles. The summed E-state index contributed by atoms with van der Waals surface area (Å²) in [5.74, 6) is -1.86. The van der Waals surface area contributed by atoms with Crippen LogP contribution in [0.5, 0.6) is 0 Å². The van der Waals surface area contributed by atoms with Crippen molar-refractivity contribution in [3.8, 4) is 0 Å². The van der Waals surface area contributed by atoms with Gasteiger partial charge in [-0.05, 0) is 60.6 Å². The van der Waals surface area contributed by atoms with E-state index in [1.165, 1.54) is 6.07 Å². The fourth-order valence-electron chi connectivity index (χ4n) is 5.10. The van der Waals surface area contributed by atoms with Crippen LogP contribution in [0.1, 0.15) is 28.7 Å². The largest absolute Gasteiger partial charge is 0.335 e. The van der Waals surface area contributed by atoms with Crippen LogP contribution in [0.4, 0.5) is 8.78 Å². The Kier molecular flexibility index (Phi) is 4.54. The number of nitrogens with one attached hydrogen (secondary N) is 1. The molecule has 3 aromatic rings. The molecule has 2 aliphatic rings. The summed E-state index contributed by atoms with van der Waals surface area (Å²) in [5, 5.41) is 0.0193. The molecule has 5 rings (SSSR count). The van der Waals surface area contributed by atoms with Crippen LogP contribution in [0.2, 0.25) is 0 Å². The van der Waals surface area contributed by atoms with Crippen LogP contribution < -0.4 is 5.56 Å². The average Bonchev–Trinajstić information content (AvgIpc) is 3.35. The molecular weight excluding hydrogens is 398 g/mol. The molecule has 1 aliphatic heterocycles. The Hall–Kier alpha value is -3.28. The number of aryl methyl sites for hydroxylation is 2. The molecule has 0 spiro atoms. The monoisotopic (exact) mass is 420 g/mol. The highest BCUT2D eigenvalue weighted by Gasteiger charge is 2.42. The van der Waals surface area contributed by atoms with Gasteiger partial charge in [0.1, 0.15) is 0 Å². The second-order valence-electron chi connectivity index (χ2n) is 8.51. The molecule has 158 valence electrons. The third kappa shape index (κ3) is 3.09. The molecule has 2 aromatic carbocycles. The van der Waals surface area contributed by atoms with Crippen LogP contribution in [0, 0.1) is 31.4 Å². The highest BCUT2D eigenvalue weighted by atomic mass is 19.2. The van der Waals surface area contributed by atoms with Crippen molar-refractivity contribution in [2.24, 2.45) is 5.92 Å². The first-order valence-corrected chi connectivity index (χ1v) is 10.4. The van der Waals surface area contributed by atoms with E-state index in [2.05, 4.69) is 30.1 Å². The van der Waals surface area contributed by atoms with Crippen molar-refractivity contribution in [2.45, 2.75) is 32.7 Å². The normalized spacial score (nSPS) is 19.9. The van der Waals surface area contributed by atoms with Crippen LogP contribution in [0.25, 0.3) is 16.5 Å². The maximum Gasteiger partial charge on any atom is 0.252 e. The van der Waals surface area contributed by atoms with Crippen LogP contribution in [-0.4, -0.2) is 28.4 Å². The Labute approximate surface area is 178 Å². The van der Waals surface area contributed by atoms with Gasteiger partial charge in [-0.15, -0.1) is 0 Å². The average molecular weight is 420 g/mol. The number of likely N-dealkylation sites (tertiary alicyclic amines) is 1. The van der Waals surface area contributed by atoms with E-state index in [0.29, 0.717) is 18.0 Å². The Morgan fingerprint density at radius 1 is 1.16 bits per heavy atom. The molecule has 1 amide bonds. The topological polar surface area (TPSA) is 53.2 Å². The van der Waals surface area contributed by atoms with Gasteiger partial charge < -0.3 is 9.88 Å². The first kappa shape index (κ1) is 19.7. The fraction of sp³-hybridized carbons (Fsp3) is 0.280. The molecule has 2 bridgehead atoms. The predicted octanol–water partition coefficient (Wildman–Crippen LogP) is 4.28. The molecule has 2 heterocycles. The second kappa shape index (κ2) is 7.15. The van der Waals surface area contributed by atoms with Crippen molar-refractivity contribution in [3.05, 3.63) is 86.7 Å². The molecule has 1 aromatic heterocycles. The summed E-state index contributed by atoms with van der Waals surface area (Å²) in [6.45, 7) is 4.24. The highest BCUT2D eigenvalue weighted by molar-refractivity contribution is 5.88. The van der Waals surface area contributed by atoms with E-state index in [9.17, 15) is 18.4 Å². The zero-order chi connectivity index (χ0) is 21.9. The van der Waals surface area contributed by atoms with Crippen LogP contribution in [0.3, 0.4) is 0 Å². The summed E-state index contributed by atoms with van der Waals surface area (Å²) in [7, 11) is 0. The van der Waals surface area contributed by atoms with Crippen molar-refractivity contribution in [1.29, 1.82) is 0 Å². The first-order chi connectivity index (χ1) is 14.8. The molecule has 2 atom stereocenters. The minimum absolute atomic E-state index is 0.0193. The molecule has 1 saturated heterocycles. The Bertz CT molecular complexity index is 1330.